The van der Waals surface area contributed by atoms with Crippen LogP contribution in [-0.2, 0) is 0 Å². The molecular weight excluding hydrogens is 406 g/mol. The standard InChI is InChI=1S/C21H16BrN3O2/c22-15-10-16(12-23-11-15)24-19(14-6-2-1-3-7-14)13-25-20(26)17-8-4-5-9-18(17)21(25)27/h1-12,19,24H,13H2/t19-/m0/s1. The maximum absolute atomic E-state index is 12.7. The van der Waals surface area contributed by atoms with E-state index in [9.17, 15) is 9.59 Å². The van der Waals surface area contributed by atoms with Gasteiger partial charge in [0.2, 0.25) is 0 Å². The lowest BCUT2D eigenvalue weighted by Gasteiger charge is -2.25. The molecule has 1 aliphatic rings. The fourth-order valence-electron chi connectivity index (χ4n) is 3.20. The monoisotopic (exact) mass is 421 g/mol. The average Bonchev–Trinajstić information content (AvgIpc) is 2.93. The van der Waals surface area contributed by atoms with E-state index < -0.39 is 0 Å². The zero-order valence-electron chi connectivity index (χ0n) is 14.3. The molecule has 0 radical (unpaired) electrons. The highest BCUT2D eigenvalue weighted by Gasteiger charge is 2.36. The molecule has 6 heteroatoms. The van der Waals surface area contributed by atoms with Gasteiger partial charge in [0.15, 0.2) is 0 Å². The number of hydrogen-bond donors (Lipinski definition) is 1. The van der Waals surface area contributed by atoms with E-state index in [0.717, 1.165) is 15.7 Å². The van der Waals surface area contributed by atoms with Crippen molar-refractivity contribution in [2.45, 2.75) is 6.04 Å². The normalized spacial score (nSPS) is 14.2. The van der Waals surface area contributed by atoms with Crippen molar-refractivity contribution in [1.29, 1.82) is 0 Å². The van der Waals surface area contributed by atoms with Crippen LogP contribution in [0.4, 0.5) is 5.69 Å². The summed E-state index contributed by atoms with van der Waals surface area (Å²) in [6, 6.07) is 18.3. The van der Waals surface area contributed by atoms with Gasteiger partial charge < -0.3 is 5.32 Å². The molecule has 2 aromatic carbocycles. The number of aromatic nitrogens is 1. The molecule has 2 amide bonds. The first-order valence-electron chi connectivity index (χ1n) is 8.51. The minimum atomic E-state index is -0.260. The third-order valence-electron chi connectivity index (χ3n) is 4.49. The van der Waals surface area contributed by atoms with Gasteiger partial charge in [0.1, 0.15) is 0 Å². The fourth-order valence-corrected chi connectivity index (χ4v) is 3.56. The van der Waals surface area contributed by atoms with Gasteiger partial charge >= 0.3 is 0 Å². The maximum Gasteiger partial charge on any atom is 0.261 e. The Labute approximate surface area is 165 Å². The minimum absolute atomic E-state index is 0.225. The first kappa shape index (κ1) is 17.4. The molecule has 0 spiro atoms. The molecule has 0 aliphatic carbocycles. The molecule has 0 saturated carbocycles. The summed E-state index contributed by atoms with van der Waals surface area (Å²) >= 11 is 3.41. The van der Waals surface area contributed by atoms with E-state index in [1.54, 1.807) is 36.7 Å². The number of benzene rings is 2. The average molecular weight is 422 g/mol. The smallest absolute Gasteiger partial charge is 0.261 e. The van der Waals surface area contributed by atoms with Crippen LogP contribution in [0.1, 0.15) is 32.3 Å². The molecule has 3 aromatic rings. The van der Waals surface area contributed by atoms with E-state index >= 15 is 0 Å². The van der Waals surface area contributed by atoms with Crippen molar-refractivity contribution in [3.05, 3.63) is 94.2 Å². The van der Waals surface area contributed by atoms with E-state index in [0.29, 0.717) is 11.1 Å². The Hall–Kier alpha value is -2.99. The maximum atomic E-state index is 12.7. The summed E-state index contributed by atoms with van der Waals surface area (Å²) in [5.74, 6) is -0.517. The molecule has 0 unspecified atom stereocenters. The van der Waals surface area contributed by atoms with Crippen LogP contribution in [0.25, 0.3) is 0 Å². The lowest BCUT2D eigenvalue weighted by Crippen LogP contribution is -2.36. The Kier molecular flexibility index (Phi) is 4.73. The second-order valence-corrected chi connectivity index (χ2v) is 7.18. The van der Waals surface area contributed by atoms with Crippen molar-refractivity contribution in [1.82, 2.24) is 9.88 Å². The second-order valence-electron chi connectivity index (χ2n) is 6.27. The Bertz CT molecular complexity index is 972. The van der Waals surface area contributed by atoms with Crippen LogP contribution in [0.2, 0.25) is 0 Å². The second kappa shape index (κ2) is 7.32. The number of halogens is 1. The van der Waals surface area contributed by atoms with Crippen LogP contribution in [0.3, 0.4) is 0 Å². The number of hydrogen-bond acceptors (Lipinski definition) is 4. The van der Waals surface area contributed by atoms with Crippen LogP contribution >= 0.6 is 15.9 Å². The van der Waals surface area contributed by atoms with Gasteiger partial charge in [-0.15, -0.1) is 0 Å². The highest BCUT2D eigenvalue weighted by Crippen LogP contribution is 2.27. The number of pyridine rings is 1. The SMILES string of the molecule is O=C1c2ccccc2C(=O)N1C[C@H](Nc1cncc(Br)c1)c1ccccc1. The zero-order chi connectivity index (χ0) is 18.8. The molecule has 4 rings (SSSR count). The van der Waals surface area contributed by atoms with E-state index in [2.05, 4.69) is 26.2 Å². The molecule has 1 aromatic heterocycles. The van der Waals surface area contributed by atoms with Crippen molar-refractivity contribution >= 4 is 33.4 Å². The summed E-state index contributed by atoms with van der Waals surface area (Å²) in [4.78, 5) is 31.0. The topological polar surface area (TPSA) is 62.3 Å². The van der Waals surface area contributed by atoms with E-state index in [1.807, 2.05) is 36.4 Å². The van der Waals surface area contributed by atoms with Crippen LogP contribution in [-0.4, -0.2) is 28.2 Å². The molecule has 1 aliphatic heterocycles. The Morgan fingerprint density at radius 2 is 1.56 bits per heavy atom. The Morgan fingerprint density at radius 3 is 2.19 bits per heavy atom. The predicted molar refractivity (Wildman–Crippen MR) is 107 cm³/mol. The van der Waals surface area contributed by atoms with Crippen LogP contribution < -0.4 is 5.32 Å². The number of rotatable bonds is 5. The van der Waals surface area contributed by atoms with Crippen LogP contribution in [0, 0.1) is 0 Å². The van der Waals surface area contributed by atoms with Gasteiger partial charge in [0.25, 0.3) is 11.8 Å². The van der Waals surface area contributed by atoms with Gasteiger partial charge in [0, 0.05) is 10.7 Å². The Balaban J connectivity index is 1.64. The lowest BCUT2D eigenvalue weighted by molar-refractivity contribution is 0.0648. The summed E-state index contributed by atoms with van der Waals surface area (Å²) in [5.41, 5.74) is 2.70. The minimum Gasteiger partial charge on any atom is -0.375 e. The number of carbonyl (C=O) groups is 2. The predicted octanol–water partition coefficient (Wildman–Crippen LogP) is 4.29. The highest BCUT2D eigenvalue weighted by molar-refractivity contribution is 9.10. The molecule has 5 nitrogen and oxygen atoms in total. The third kappa shape index (κ3) is 3.48. The third-order valence-corrected chi connectivity index (χ3v) is 4.92. The number of nitrogens with zero attached hydrogens (tertiary/aromatic N) is 2. The molecular formula is C21H16BrN3O2. The first-order valence-corrected chi connectivity index (χ1v) is 9.30. The molecule has 0 fully saturated rings. The molecule has 1 atom stereocenters. The highest BCUT2D eigenvalue weighted by atomic mass is 79.9. The van der Waals surface area contributed by atoms with E-state index in [-0.39, 0.29) is 24.4 Å². The summed E-state index contributed by atoms with van der Waals surface area (Å²) in [6.45, 7) is 0.225. The number of carbonyl (C=O) groups excluding carboxylic acids is 2. The number of fused-ring (bicyclic) bond motifs is 1. The molecule has 27 heavy (non-hydrogen) atoms. The quantitative estimate of drug-likeness (QED) is 0.624. The molecule has 2 heterocycles. The van der Waals surface area contributed by atoms with E-state index in [4.69, 9.17) is 0 Å². The number of imide groups is 1. The number of anilines is 1. The van der Waals surface area contributed by atoms with Crippen molar-refractivity contribution in [3.63, 3.8) is 0 Å². The number of nitrogens with one attached hydrogen (secondary N) is 1. The largest absolute Gasteiger partial charge is 0.375 e. The van der Waals surface area contributed by atoms with Crippen molar-refractivity contribution in [2.75, 3.05) is 11.9 Å². The van der Waals surface area contributed by atoms with Gasteiger partial charge in [-0.2, -0.15) is 0 Å². The molecule has 0 bridgehead atoms. The van der Waals surface area contributed by atoms with Gasteiger partial charge in [-0.25, -0.2) is 0 Å². The van der Waals surface area contributed by atoms with Crippen LogP contribution in [0.5, 0.6) is 0 Å². The summed E-state index contributed by atoms with van der Waals surface area (Å²) in [7, 11) is 0. The molecule has 0 saturated heterocycles. The van der Waals surface area contributed by atoms with Gasteiger partial charge in [-0.1, -0.05) is 42.5 Å². The van der Waals surface area contributed by atoms with Crippen molar-refractivity contribution in [2.24, 2.45) is 0 Å². The van der Waals surface area contributed by atoms with Crippen molar-refractivity contribution in [3.8, 4) is 0 Å². The first-order chi connectivity index (χ1) is 13.1. The number of amides is 2. The molecule has 134 valence electrons. The Morgan fingerprint density at radius 1 is 0.926 bits per heavy atom. The zero-order valence-corrected chi connectivity index (χ0v) is 15.9. The summed E-state index contributed by atoms with van der Waals surface area (Å²) < 4.78 is 0.847. The molecule has 1 N–H and O–H groups in total. The summed E-state index contributed by atoms with van der Waals surface area (Å²) in [5, 5.41) is 3.39. The van der Waals surface area contributed by atoms with Gasteiger partial charge in [0.05, 0.1) is 35.6 Å². The summed E-state index contributed by atoms with van der Waals surface area (Å²) in [6.07, 6.45) is 3.41. The fraction of sp³-hybridized carbons (Fsp3) is 0.0952. The van der Waals surface area contributed by atoms with E-state index in [1.165, 1.54) is 4.90 Å². The van der Waals surface area contributed by atoms with Crippen molar-refractivity contribution < 1.29 is 9.59 Å². The van der Waals surface area contributed by atoms with Gasteiger partial charge in [-0.3, -0.25) is 19.5 Å². The van der Waals surface area contributed by atoms with Crippen LogP contribution in [0.15, 0.2) is 77.5 Å². The van der Waals surface area contributed by atoms with Gasteiger partial charge in [-0.05, 0) is 39.7 Å². The lowest BCUT2D eigenvalue weighted by atomic mass is 10.1.